The smallest absolute Gasteiger partial charge is 0.0000420 e. The molecule has 2 aromatic carbocycles. The minimum absolute atomic E-state index is 0.199. The van der Waals surface area contributed by atoms with Crippen molar-refractivity contribution in [2.45, 2.75) is 51.4 Å². The third kappa shape index (κ3) is 2.52. The molecule has 0 saturated carbocycles. The summed E-state index contributed by atoms with van der Waals surface area (Å²) >= 11 is 0. The first-order valence-electron chi connectivity index (χ1n) is 8.32. The number of hydrogen-bond acceptors (Lipinski definition) is 0. The second kappa shape index (κ2) is 5.76. The first-order chi connectivity index (χ1) is 10.5. The van der Waals surface area contributed by atoms with Crippen molar-refractivity contribution in [3.05, 3.63) is 82.9 Å². The first-order valence-corrected chi connectivity index (χ1v) is 8.32. The zero-order chi connectivity index (χ0) is 15.7. The van der Waals surface area contributed by atoms with Crippen molar-refractivity contribution in [2.75, 3.05) is 0 Å². The molecule has 0 fully saturated rings. The van der Waals surface area contributed by atoms with E-state index in [-0.39, 0.29) is 5.41 Å². The third-order valence-electron chi connectivity index (χ3n) is 5.47. The summed E-state index contributed by atoms with van der Waals surface area (Å²) < 4.78 is 0. The van der Waals surface area contributed by atoms with Crippen molar-refractivity contribution in [2.24, 2.45) is 0 Å². The van der Waals surface area contributed by atoms with Crippen molar-refractivity contribution >= 4 is 0 Å². The summed E-state index contributed by atoms with van der Waals surface area (Å²) in [6.45, 7) is 10.8. The van der Waals surface area contributed by atoms with E-state index >= 15 is 0 Å². The van der Waals surface area contributed by atoms with E-state index in [9.17, 15) is 0 Å². The Labute approximate surface area is 134 Å². The van der Waals surface area contributed by atoms with Gasteiger partial charge in [-0.3, -0.25) is 0 Å². The molecule has 0 bridgehead atoms. The standard InChI is InChI=1S/C22H26/c1-5-6-21-20-12-9-17(3)15-18(20)13-14-22(21,4)19-10-7-16(2)8-11-19/h5,7-12,15,21H,1,6,13-14H2,2-4H3/t21-,22+/m1/s1. The molecule has 0 nitrogen and oxygen atoms in total. The lowest BCUT2D eigenvalue weighted by Gasteiger charge is -2.43. The highest BCUT2D eigenvalue weighted by atomic mass is 14.4. The molecule has 0 heterocycles. The molecule has 2 atom stereocenters. The number of allylic oxidation sites excluding steroid dienone is 1. The summed E-state index contributed by atoms with van der Waals surface area (Å²) in [4.78, 5) is 0. The van der Waals surface area contributed by atoms with Gasteiger partial charge in [0.15, 0.2) is 0 Å². The topological polar surface area (TPSA) is 0 Å². The largest absolute Gasteiger partial charge is 0.103 e. The molecule has 22 heavy (non-hydrogen) atoms. The average molecular weight is 290 g/mol. The van der Waals surface area contributed by atoms with Crippen molar-refractivity contribution in [3.63, 3.8) is 0 Å². The summed E-state index contributed by atoms with van der Waals surface area (Å²) in [5.41, 5.74) is 7.44. The van der Waals surface area contributed by atoms with Crippen LogP contribution >= 0.6 is 0 Å². The molecular formula is C22H26. The van der Waals surface area contributed by atoms with E-state index in [0.717, 1.165) is 6.42 Å². The van der Waals surface area contributed by atoms with Crippen molar-refractivity contribution in [1.82, 2.24) is 0 Å². The maximum absolute atomic E-state index is 4.02. The summed E-state index contributed by atoms with van der Waals surface area (Å²) in [7, 11) is 0. The first kappa shape index (κ1) is 15.1. The molecule has 1 aliphatic rings. The molecule has 0 amide bonds. The van der Waals surface area contributed by atoms with Gasteiger partial charge in [0, 0.05) is 0 Å². The minimum Gasteiger partial charge on any atom is -0.103 e. The van der Waals surface area contributed by atoms with Gasteiger partial charge in [-0.05, 0) is 61.1 Å². The Morgan fingerprint density at radius 1 is 1.09 bits per heavy atom. The Morgan fingerprint density at radius 3 is 2.45 bits per heavy atom. The number of hydrogen-bond donors (Lipinski definition) is 0. The van der Waals surface area contributed by atoms with E-state index in [0.29, 0.717) is 5.92 Å². The monoisotopic (exact) mass is 290 g/mol. The Morgan fingerprint density at radius 2 is 1.77 bits per heavy atom. The van der Waals surface area contributed by atoms with E-state index < -0.39 is 0 Å². The molecule has 0 radical (unpaired) electrons. The lowest BCUT2D eigenvalue weighted by atomic mass is 9.60. The molecule has 0 saturated heterocycles. The summed E-state index contributed by atoms with van der Waals surface area (Å²) in [5, 5.41) is 0. The maximum Gasteiger partial charge on any atom is -0.0000420 e. The van der Waals surface area contributed by atoms with E-state index in [1.54, 1.807) is 0 Å². The van der Waals surface area contributed by atoms with Gasteiger partial charge >= 0.3 is 0 Å². The molecule has 114 valence electrons. The lowest BCUT2D eigenvalue weighted by molar-refractivity contribution is 0.328. The Bertz CT molecular complexity index is 678. The van der Waals surface area contributed by atoms with Gasteiger partial charge in [-0.1, -0.05) is 66.6 Å². The fraction of sp³-hybridized carbons (Fsp3) is 0.364. The van der Waals surface area contributed by atoms with E-state index in [1.165, 1.54) is 40.7 Å². The van der Waals surface area contributed by atoms with Crippen molar-refractivity contribution in [1.29, 1.82) is 0 Å². The molecule has 0 N–H and O–H groups in total. The number of fused-ring (bicyclic) bond motifs is 1. The van der Waals surface area contributed by atoms with Crippen LogP contribution in [-0.2, 0) is 11.8 Å². The molecule has 0 aliphatic heterocycles. The van der Waals surface area contributed by atoms with Gasteiger partial charge in [-0.15, -0.1) is 6.58 Å². The average Bonchev–Trinajstić information content (AvgIpc) is 2.51. The highest BCUT2D eigenvalue weighted by Gasteiger charge is 2.39. The van der Waals surface area contributed by atoms with Crippen LogP contribution in [0, 0.1) is 13.8 Å². The van der Waals surface area contributed by atoms with E-state index in [2.05, 4.69) is 75.9 Å². The molecule has 0 spiro atoms. The van der Waals surface area contributed by atoms with Crippen LogP contribution in [0.2, 0.25) is 0 Å². The Balaban J connectivity index is 2.09. The van der Waals surface area contributed by atoms with Crippen molar-refractivity contribution in [3.8, 4) is 0 Å². The van der Waals surface area contributed by atoms with Crippen LogP contribution in [0.15, 0.2) is 55.1 Å². The van der Waals surface area contributed by atoms with Crippen LogP contribution in [0.3, 0.4) is 0 Å². The number of aryl methyl sites for hydroxylation is 3. The van der Waals surface area contributed by atoms with Gasteiger partial charge in [0.25, 0.3) is 0 Å². The van der Waals surface area contributed by atoms with Crippen LogP contribution in [-0.4, -0.2) is 0 Å². The normalized spacial score (nSPS) is 23.9. The summed E-state index contributed by atoms with van der Waals surface area (Å²) in [6, 6.07) is 16.1. The molecule has 2 aromatic rings. The van der Waals surface area contributed by atoms with E-state index in [1.807, 2.05) is 0 Å². The van der Waals surface area contributed by atoms with Gasteiger partial charge in [0.05, 0.1) is 0 Å². The van der Waals surface area contributed by atoms with Gasteiger partial charge in [-0.25, -0.2) is 0 Å². The minimum atomic E-state index is 0.199. The van der Waals surface area contributed by atoms with Crippen LogP contribution in [0.5, 0.6) is 0 Å². The van der Waals surface area contributed by atoms with Crippen molar-refractivity contribution < 1.29 is 0 Å². The molecular weight excluding hydrogens is 264 g/mol. The molecule has 0 heteroatoms. The molecule has 0 unspecified atom stereocenters. The second-order valence-corrected chi connectivity index (χ2v) is 7.06. The number of rotatable bonds is 3. The predicted molar refractivity (Wildman–Crippen MR) is 95.6 cm³/mol. The highest BCUT2D eigenvalue weighted by Crippen LogP contribution is 2.49. The van der Waals surface area contributed by atoms with Gasteiger partial charge in [0.2, 0.25) is 0 Å². The van der Waals surface area contributed by atoms with Gasteiger partial charge < -0.3 is 0 Å². The predicted octanol–water partition coefficient (Wildman–Crippen LogP) is 5.87. The zero-order valence-electron chi connectivity index (χ0n) is 14.0. The summed E-state index contributed by atoms with van der Waals surface area (Å²) in [6.07, 6.45) is 5.52. The summed E-state index contributed by atoms with van der Waals surface area (Å²) in [5.74, 6) is 0.525. The third-order valence-corrected chi connectivity index (χ3v) is 5.47. The Hall–Kier alpha value is -1.82. The quantitative estimate of drug-likeness (QED) is 0.620. The maximum atomic E-state index is 4.02. The van der Waals surface area contributed by atoms with Crippen LogP contribution in [0.4, 0.5) is 0 Å². The second-order valence-electron chi connectivity index (χ2n) is 7.06. The fourth-order valence-corrected chi connectivity index (χ4v) is 4.04. The SMILES string of the molecule is C=CC[C@@H]1c2ccc(C)cc2CC[C@@]1(C)c1ccc(C)cc1. The molecule has 3 rings (SSSR count). The van der Waals surface area contributed by atoms with E-state index in [4.69, 9.17) is 0 Å². The van der Waals surface area contributed by atoms with Crippen LogP contribution in [0.1, 0.15) is 53.5 Å². The Kier molecular flexibility index (Phi) is 3.95. The molecule has 0 aromatic heterocycles. The lowest BCUT2D eigenvalue weighted by Crippen LogP contribution is -2.35. The van der Waals surface area contributed by atoms with Gasteiger partial charge in [-0.2, -0.15) is 0 Å². The zero-order valence-corrected chi connectivity index (χ0v) is 14.0. The van der Waals surface area contributed by atoms with Crippen LogP contribution in [0.25, 0.3) is 0 Å². The molecule has 1 aliphatic carbocycles. The van der Waals surface area contributed by atoms with Gasteiger partial charge in [0.1, 0.15) is 0 Å². The highest BCUT2D eigenvalue weighted by molar-refractivity contribution is 5.43. The van der Waals surface area contributed by atoms with Crippen LogP contribution < -0.4 is 0 Å². The number of benzene rings is 2. The fourth-order valence-electron chi connectivity index (χ4n) is 4.04.